The van der Waals surface area contributed by atoms with Crippen molar-refractivity contribution in [3.63, 3.8) is 0 Å². The number of benzene rings is 3. The fraction of sp³-hybridized carbons (Fsp3) is 0.0800. The van der Waals surface area contributed by atoms with E-state index in [-0.39, 0.29) is 10.7 Å². The lowest BCUT2D eigenvalue weighted by molar-refractivity contribution is 0.104. The highest BCUT2D eigenvalue weighted by Gasteiger charge is 2.11. The summed E-state index contributed by atoms with van der Waals surface area (Å²) in [4.78, 5) is 12.5. The van der Waals surface area contributed by atoms with Gasteiger partial charge in [0.15, 0.2) is 5.78 Å². The molecule has 8 heteroatoms. The molecule has 0 spiro atoms. The summed E-state index contributed by atoms with van der Waals surface area (Å²) >= 11 is 0. The van der Waals surface area contributed by atoms with Gasteiger partial charge in [0.05, 0.1) is 24.7 Å². The van der Waals surface area contributed by atoms with Gasteiger partial charge in [0, 0.05) is 28.4 Å². The van der Waals surface area contributed by atoms with Gasteiger partial charge in [-0.25, -0.2) is 13.6 Å². The largest absolute Gasteiger partial charge is 0.496 e. The second-order valence-electron chi connectivity index (χ2n) is 6.90. The van der Waals surface area contributed by atoms with Gasteiger partial charge < -0.3 is 15.2 Å². The predicted molar refractivity (Wildman–Crippen MR) is 128 cm³/mol. The number of carbonyl (C=O) groups is 1. The molecule has 0 aliphatic rings. The molecule has 0 aliphatic carbocycles. The third-order valence-corrected chi connectivity index (χ3v) is 5.66. The van der Waals surface area contributed by atoms with Crippen LogP contribution in [0.4, 0.5) is 5.69 Å². The topological polar surface area (TPSA) is 122 Å². The third-order valence-electron chi connectivity index (χ3n) is 4.73. The van der Waals surface area contributed by atoms with Gasteiger partial charge in [0.2, 0.25) is 10.0 Å². The number of primary sulfonamides is 1. The Kier molecular flexibility index (Phi) is 7.18. The van der Waals surface area contributed by atoms with Crippen LogP contribution in [0.1, 0.15) is 27.0 Å². The minimum absolute atomic E-state index is 0.0675. The molecule has 0 saturated carbocycles. The van der Waals surface area contributed by atoms with Gasteiger partial charge in [-0.2, -0.15) is 0 Å². The highest BCUT2D eigenvalue weighted by molar-refractivity contribution is 7.89. The van der Waals surface area contributed by atoms with Crippen molar-refractivity contribution in [3.05, 3.63) is 89.0 Å². The van der Waals surface area contributed by atoms with E-state index in [0.717, 1.165) is 0 Å². The molecule has 0 aromatic heterocycles. The van der Waals surface area contributed by atoms with Crippen molar-refractivity contribution in [1.82, 2.24) is 0 Å². The van der Waals surface area contributed by atoms with Gasteiger partial charge in [0.1, 0.15) is 11.5 Å². The van der Waals surface area contributed by atoms with Crippen LogP contribution < -0.4 is 20.3 Å². The number of nitrogens with two attached hydrogens (primary N) is 2. The molecular formula is C25H22N2O5S. The highest BCUT2D eigenvalue weighted by atomic mass is 32.2. The van der Waals surface area contributed by atoms with Crippen LogP contribution in [0.25, 0.3) is 6.08 Å². The van der Waals surface area contributed by atoms with Crippen molar-refractivity contribution < 1.29 is 22.7 Å². The minimum Gasteiger partial charge on any atom is -0.496 e. The quantitative estimate of drug-likeness (QED) is 0.251. The monoisotopic (exact) mass is 462 g/mol. The van der Waals surface area contributed by atoms with Gasteiger partial charge in [-0.15, -0.1) is 0 Å². The fourth-order valence-corrected chi connectivity index (χ4v) is 3.48. The number of hydrogen-bond acceptors (Lipinski definition) is 6. The molecule has 4 N–H and O–H groups in total. The lowest BCUT2D eigenvalue weighted by Gasteiger charge is -2.10. The van der Waals surface area contributed by atoms with E-state index >= 15 is 0 Å². The normalized spacial score (nSPS) is 11.0. The number of ether oxygens (including phenoxy) is 2. The molecule has 0 saturated heterocycles. The molecule has 0 amide bonds. The van der Waals surface area contributed by atoms with Crippen LogP contribution in [0.3, 0.4) is 0 Å². The van der Waals surface area contributed by atoms with E-state index in [4.69, 9.17) is 20.3 Å². The van der Waals surface area contributed by atoms with Crippen molar-refractivity contribution in [2.75, 3.05) is 20.0 Å². The molecule has 0 radical (unpaired) electrons. The standard InChI is InChI=1S/C25H22N2O5S/c1-31-24-16-25(32-2)20(15-19(24)8-7-17-5-3-4-6-22(17)26)11-14-23(28)18-9-12-21(13-10-18)33(27,29)30/h3-6,9-16H,26H2,1-2H3,(H2,27,29,30)/b14-11+. The Morgan fingerprint density at radius 1 is 0.909 bits per heavy atom. The molecule has 0 heterocycles. The van der Waals surface area contributed by atoms with Gasteiger partial charge in [-0.05, 0) is 54.6 Å². The Hall–Kier alpha value is -4.06. The third kappa shape index (κ3) is 5.80. The number of methoxy groups -OCH3 is 2. The maximum atomic E-state index is 12.6. The molecule has 3 aromatic carbocycles. The van der Waals surface area contributed by atoms with E-state index in [9.17, 15) is 13.2 Å². The average molecular weight is 463 g/mol. The van der Waals surface area contributed by atoms with Gasteiger partial charge >= 0.3 is 0 Å². The van der Waals surface area contributed by atoms with E-state index in [1.54, 1.807) is 24.3 Å². The molecule has 0 atom stereocenters. The van der Waals surface area contributed by atoms with Crippen molar-refractivity contribution in [3.8, 4) is 23.3 Å². The number of para-hydroxylation sites is 1. The van der Waals surface area contributed by atoms with E-state index < -0.39 is 10.0 Å². The van der Waals surface area contributed by atoms with E-state index in [2.05, 4.69) is 11.8 Å². The molecule has 0 unspecified atom stereocenters. The number of rotatable bonds is 6. The van der Waals surface area contributed by atoms with E-state index in [1.807, 2.05) is 18.2 Å². The Labute approximate surface area is 192 Å². The van der Waals surface area contributed by atoms with Crippen molar-refractivity contribution in [2.45, 2.75) is 4.90 Å². The minimum atomic E-state index is -3.83. The number of ketones is 1. The molecule has 0 aliphatic heterocycles. The number of anilines is 1. The van der Waals surface area contributed by atoms with E-state index in [0.29, 0.717) is 39.4 Å². The van der Waals surface area contributed by atoms with Crippen LogP contribution in [0, 0.1) is 11.8 Å². The summed E-state index contributed by atoms with van der Waals surface area (Å²) in [5.74, 6) is 6.77. The van der Waals surface area contributed by atoms with Crippen LogP contribution in [-0.2, 0) is 10.0 Å². The lowest BCUT2D eigenvalue weighted by atomic mass is 10.0. The van der Waals surface area contributed by atoms with Crippen molar-refractivity contribution in [1.29, 1.82) is 0 Å². The Morgan fingerprint density at radius 3 is 2.15 bits per heavy atom. The lowest BCUT2D eigenvalue weighted by Crippen LogP contribution is -2.12. The SMILES string of the molecule is COc1cc(OC)c(/C=C/C(=O)c2ccc(S(N)(=O)=O)cc2)cc1C#Cc1ccccc1N. The summed E-state index contributed by atoms with van der Waals surface area (Å²) in [6.07, 6.45) is 2.96. The van der Waals surface area contributed by atoms with Crippen LogP contribution in [0.5, 0.6) is 11.5 Å². The summed E-state index contributed by atoms with van der Waals surface area (Å²) in [7, 11) is -0.789. The molecule has 3 rings (SSSR count). The number of sulfonamides is 1. The summed E-state index contributed by atoms with van der Waals surface area (Å²) in [5.41, 5.74) is 8.72. The summed E-state index contributed by atoms with van der Waals surface area (Å²) in [6.45, 7) is 0. The maximum absolute atomic E-state index is 12.6. The zero-order valence-electron chi connectivity index (χ0n) is 18.0. The predicted octanol–water partition coefficient (Wildman–Crippen LogP) is 3.23. The Bertz CT molecular complexity index is 1380. The number of nitrogen functional groups attached to an aromatic ring is 1. The number of hydrogen-bond donors (Lipinski definition) is 2. The molecular weight excluding hydrogens is 440 g/mol. The van der Waals surface area contributed by atoms with Crippen LogP contribution in [0.15, 0.2) is 71.6 Å². The van der Waals surface area contributed by atoms with Gasteiger partial charge in [-0.1, -0.05) is 24.0 Å². The van der Waals surface area contributed by atoms with Crippen LogP contribution in [0.2, 0.25) is 0 Å². The van der Waals surface area contributed by atoms with Gasteiger partial charge in [0.25, 0.3) is 0 Å². The molecule has 0 fully saturated rings. The summed E-state index contributed by atoms with van der Waals surface area (Å²) < 4.78 is 33.6. The number of carbonyl (C=O) groups excluding carboxylic acids is 1. The Morgan fingerprint density at radius 2 is 1.55 bits per heavy atom. The first-order chi connectivity index (χ1) is 15.7. The first kappa shape index (κ1) is 23.6. The molecule has 168 valence electrons. The average Bonchev–Trinajstić information content (AvgIpc) is 2.81. The second kappa shape index (κ2) is 10.0. The zero-order chi connectivity index (χ0) is 24.0. The summed E-state index contributed by atoms with van der Waals surface area (Å²) in [6, 6.07) is 16.1. The molecule has 7 nitrogen and oxygen atoms in total. The fourth-order valence-electron chi connectivity index (χ4n) is 2.97. The zero-order valence-corrected chi connectivity index (χ0v) is 18.8. The molecule has 33 heavy (non-hydrogen) atoms. The smallest absolute Gasteiger partial charge is 0.238 e. The summed E-state index contributed by atoms with van der Waals surface area (Å²) in [5, 5.41) is 5.09. The van der Waals surface area contributed by atoms with Crippen molar-refractivity contribution in [2.24, 2.45) is 5.14 Å². The second-order valence-corrected chi connectivity index (χ2v) is 8.46. The van der Waals surface area contributed by atoms with Crippen molar-refractivity contribution >= 4 is 27.6 Å². The molecule has 0 bridgehead atoms. The van der Waals surface area contributed by atoms with Crippen LogP contribution >= 0.6 is 0 Å². The first-order valence-electron chi connectivity index (χ1n) is 9.70. The Balaban J connectivity index is 1.94. The first-order valence-corrected chi connectivity index (χ1v) is 11.3. The van der Waals surface area contributed by atoms with E-state index in [1.165, 1.54) is 44.6 Å². The molecule has 3 aromatic rings. The van der Waals surface area contributed by atoms with Gasteiger partial charge in [-0.3, -0.25) is 4.79 Å². The maximum Gasteiger partial charge on any atom is 0.238 e. The highest BCUT2D eigenvalue weighted by Crippen LogP contribution is 2.30. The van der Waals surface area contributed by atoms with Crippen LogP contribution in [-0.4, -0.2) is 28.4 Å². The number of allylic oxidation sites excluding steroid dienone is 1.